The molecular weight excluding hydrogens is 344 g/mol. The monoisotopic (exact) mass is 356 g/mol. The fourth-order valence-corrected chi connectivity index (χ4v) is 3.91. The normalized spacial score (nSPS) is 11.1. The highest BCUT2D eigenvalue weighted by Gasteiger charge is 2.14. The minimum atomic E-state index is -0.243. The Balaban J connectivity index is 1.65. The minimum Gasteiger partial charge on any atom is -0.296 e. The lowest BCUT2D eigenvalue weighted by Crippen LogP contribution is -2.15. The van der Waals surface area contributed by atoms with E-state index in [-0.39, 0.29) is 5.91 Å². The van der Waals surface area contributed by atoms with Crippen molar-refractivity contribution in [3.05, 3.63) is 41.3 Å². The second kappa shape index (κ2) is 5.77. The second-order valence-electron chi connectivity index (χ2n) is 5.10. The maximum Gasteiger partial charge on any atom is 0.275 e. The summed E-state index contributed by atoms with van der Waals surface area (Å²) in [5.74, 6) is -0.243. The molecule has 7 nitrogen and oxygen atoms in total. The minimum absolute atomic E-state index is 0.243. The van der Waals surface area contributed by atoms with Crippen LogP contribution in [0.1, 0.15) is 16.2 Å². The Hall–Kier alpha value is -2.65. The van der Waals surface area contributed by atoms with E-state index in [1.54, 1.807) is 30.6 Å². The summed E-state index contributed by atoms with van der Waals surface area (Å²) in [5.41, 5.74) is 4.87. The number of nitrogens with zero attached hydrogens (tertiary/aromatic N) is 5. The molecule has 4 aromatic rings. The van der Waals surface area contributed by atoms with Gasteiger partial charge in [0.25, 0.3) is 5.91 Å². The SMILES string of the molecule is Cc1ncsc1-c1ccc2nc(NC(=O)c3ccnn3C)sc2n1. The fraction of sp³-hybridized carbons (Fsp3) is 0.133. The van der Waals surface area contributed by atoms with Crippen molar-refractivity contribution in [1.29, 1.82) is 0 Å². The van der Waals surface area contributed by atoms with Crippen molar-refractivity contribution in [3.63, 3.8) is 0 Å². The molecule has 0 fully saturated rings. The van der Waals surface area contributed by atoms with E-state index in [1.165, 1.54) is 16.0 Å². The van der Waals surface area contributed by atoms with Crippen LogP contribution in [0.5, 0.6) is 0 Å². The zero-order valence-electron chi connectivity index (χ0n) is 12.8. The molecule has 0 unspecified atom stereocenters. The van der Waals surface area contributed by atoms with Crippen LogP contribution in [0.25, 0.3) is 20.9 Å². The molecule has 24 heavy (non-hydrogen) atoms. The third-order valence-electron chi connectivity index (χ3n) is 3.51. The van der Waals surface area contributed by atoms with Crippen LogP contribution in [0.15, 0.2) is 29.9 Å². The topological polar surface area (TPSA) is 85.6 Å². The number of carbonyl (C=O) groups excluding carboxylic acids is 1. The van der Waals surface area contributed by atoms with Crippen LogP contribution < -0.4 is 5.32 Å². The molecule has 0 atom stereocenters. The van der Waals surface area contributed by atoms with Gasteiger partial charge in [-0.15, -0.1) is 11.3 Å². The first-order valence-electron chi connectivity index (χ1n) is 7.09. The molecule has 1 N–H and O–H groups in total. The lowest BCUT2D eigenvalue weighted by molar-refractivity contribution is 0.101. The quantitative estimate of drug-likeness (QED) is 0.609. The molecule has 0 aromatic carbocycles. The Morgan fingerprint density at radius 2 is 2.12 bits per heavy atom. The predicted molar refractivity (Wildman–Crippen MR) is 94.4 cm³/mol. The van der Waals surface area contributed by atoms with Crippen LogP contribution in [-0.4, -0.2) is 30.6 Å². The molecule has 4 heterocycles. The molecule has 4 rings (SSSR count). The van der Waals surface area contributed by atoms with Crippen molar-refractivity contribution < 1.29 is 4.79 Å². The van der Waals surface area contributed by atoms with Gasteiger partial charge in [-0.3, -0.25) is 14.8 Å². The molecule has 0 bridgehead atoms. The third-order valence-corrected chi connectivity index (χ3v) is 5.34. The molecule has 4 aromatic heterocycles. The lowest BCUT2D eigenvalue weighted by Gasteiger charge is -2.00. The number of rotatable bonds is 3. The zero-order valence-corrected chi connectivity index (χ0v) is 14.5. The molecule has 0 aliphatic carbocycles. The number of fused-ring (bicyclic) bond motifs is 1. The predicted octanol–water partition coefficient (Wildman–Crippen LogP) is 3.11. The molecule has 0 aliphatic rings. The summed E-state index contributed by atoms with van der Waals surface area (Å²) in [7, 11) is 1.72. The van der Waals surface area contributed by atoms with E-state index in [4.69, 9.17) is 0 Å². The number of aromatic nitrogens is 5. The van der Waals surface area contributed by atoms with Crippen LogP contribution in [0.2, 0.25) is 0 Å². The highest BCUT2D eigenvalue weighted by atomic mass is 32.1. The van der Waals surface area contributed by atoms with E-state index in [0.717, 1.165) is 26.6 Å². The largest absolute Gasteiger partial charge is 0.296 e. The van der Waals surface area contributed by atoms with E-state index in [9.17, 15) is 4.79 Å². The summed E-state index contributed by atoms with van der Waals surface area (Å²) in [4.78, 5) is 27.4. The van der Waals surface area contributed by atoms with Crippen molar-refractivity contribution in [2.45, 2.75) is 6.92 Å². The molecule has 9 heteroatoms. The number of aryl methyl sites for hydroxylation is 2. The van der Waals surface area contributed by atoms with Gasteiger partial charge in [-0.25, -0.2) is 15.0 Å². The molecule has 120 valence electrons. The second-order valence-corrected chi connectivity index (χ2v) is 6.93. The number of thiazole rings is 2. The van der Waals surface area contributed by atoms with E-state index >= 15 is 0 Å². The average molecular weight is 356 g/mol. The number of nitrogens with one attached hydrogen (secondary N) is 1. The number of anilines is 1. The van der Waals surface area contributed by atoms with Crippen molar-refractivity contribution in [2.24, 2.45) is 7.05 Å². The lowest BCUT2D eigenvalue weighted by atomic mass is 10.2. The standard InChI is InChI=1S/C15H12N6OS2/c1-8-12(23-7-16-8)9-3-4-10-14(18-9)24-15(19-10)20-13(22)11-5-6-17-21(11)2/h3-7H,1-2H3,(H,19,20,22). The van der Waals surface area contributed by atoms with E-state index in [1.807, 2.05) is 24.6 Å². The van der Waals surface area contributed by atoms with Gasteiger partial charge in [0, 0.05) is 13.2 Å². The number of hydrogen-bond donors (Lipinski definition) is 1. The Kier molecular flexibility index (Phi) is 3.58. The zero-order chi connectivity index (χ0) is 16.7. The highest BCUT2D eigenvalue weighted by Crippen LogP contribution is 2.30. The first kappa shape index (κ1) is 14.9. The van der Waals surface area contributed by atoms with Crippen LogP contribution in [0.3, 0.4) is 0 Å². The van der Waals surface area contributed by atoms with Crippen LogP contribution in [0, 0.1) is 6.92 Å². The van der Waals surface area contributed by atoms with Gasteiger partial charge in [0.2, 0.25) is 0 Å². The van der Waals surface area contributed by atoms with Crippen molar-refractivity contribution in [2.75, 3.05) is 5.32 Å². The van der Waals surface area contributed by atoms with E-state index in [2.05, 4.69) is 25.4 Å². The smallest absolute Gasteiger partial charge is 0.275 e. The molecule has 0 saturated heterocycles. The Labute approximate surface area is 145 Å². The van der Waals surface area contributed by atoms with E-state index < -0.39 is 0 Å². The van der Waals surface area contributed by atoms with Gasteiger partial charge in [0.05, 0.1) is 21.8 Å². The number of hydrogen-bond acceptors (Lipinski definition) is 7. The summed E-state index contributed by atoms with van der Waals surface area (Å²) in [6.07, 6.45) is 1.58. The molecule has 0 spiro atoms. The molecular formula is C15H12N6OS2. The van der Waals surface area contributed by atoms with Crippen LogP contribution in [0.4, 0.5) is 5.13 Å². The van der Waals surface area contributed by atoms with Gasteiger partial charge in [-0.05, 0) is 25.1 Å². The number of carbonyl (C=O) groups is 1. The molecule has 0 saturated carbocycles. The molecule has 1 amide bonds. The fourth-order valence-electron chi connectivity index (χ4n) is 2.30. The van der Waals surface area contributed by atoms with Gasteiger partial charge in [0.1, 0.15) is 16.0 Å². The molecule has 0 aliphatic heterocycles. The van der Waals surface area contributed by atoms with Gasteiger partial charge in [-0.2, -0.15) is 5.10 Å². The average Bonchev–Trinajstić information content (AvgIpc) is 3.25. The highest BCUT2D eigenvalue weighted by molar-refractivity contribution is 7.22. The summed E-state index contributed by atoms with van der Waals surface area (Å²) in [6.45, 7) is 1.96. The summed E-state index contributed by atoms with van der Waals surface area (Å²) in [6, 6.07) is 5.49. The Bertz CT molecular complexity index is 1050. The van der Waals surface area contributed by atoms with Gasteiger partial charge < -0.3 is 0 Å². The number of amides is 1. The van der Waals surface area contributed by atoms with Gasteiger partial charge >= 0.3 is 0 Å². The van der Waals surface area contributed by atoms with Crippen molar-refractivity contribution >= 4 is 44.1 Å². The summed E-state index contributed by atoms with van der Waals surface area (Å²) >= 11 is 2.91. The van der Waals surface area contributed by atoms with Gasteiger partial charge in [0.15, 0.2) is 5.13 Å². The third kappa shape index (κ3) is 2.57. The first-order valence-corrected chi connectivity index (χ1v) is 8.79. The summed E-state index contributed by atoms with van der Waals surface area (Å²) < 4.78 is 1.52. The Morgan fingerprint density at radius 3 is 2.83 bits per heavy atom. The maximum absolute atomic E-state index is 12.2. The van der Waals surface area contributed by atoms with Crippen molar-refractivity contribution in [1.82, 2.24) is 24.7 Å². The van der Waals surface area contributed by atoms with Gasteiger partial charge in [-0.1, -0.05) is 11.3 Å². The summed E-state index contributed by atoms with van der Waals surface area (Å²) in [5, 5.41) is 7.31. The number of pyridine rings is 1. The maximum atomic E-state index is 12.2. The first-order chi connectivity index (χ1) is 11.6. The molecule has 0 radical (unpaired) electrons. The van der Waals surface area contributed by atoms with Crippen LogP contribution in [-0.2, 0) is 7.05 Å². The van der Waals surface area contributed by atoms with Crippen LogP contribution >= 0.6 is 22.7 Å². The Morgan fingerprint density at radius 1 is 1.25 bits per heavy atom. The van der Waals surface area contributed by atoms with E-state index in [0.29, 0.717) is 10.8 Å². The van der Waals surface area contributed by atoms with Crippen molar-refractivity contribution in [3.8, 4) is 10.6 Å².